The van der Waals surface area contributed by atoms with Crippen LogP contribution < -0.4 is 0 Å². The first-order valence-corrected chi connectivity index (χ1v) is 17.6. The predicted molar refractivity (Wildman–Crippen MR) is 159 cm³/mol. The van der Waals surface area contributed by atoms with Gasteiger partial charge >= 0.3 is 0 Å². The molecule has 5 atom stereocenters. The Morgan fingerprint density at radius 2 is 1.72 bits per heavy atom. The maximum atomic E-state index is 2.74. The summed E-state index contributed by atoms with van der Waals surface area (Å²) in [5.41, 5.74) is 8.97. The molecule has 3 aliphatic carbocycles. The molecular weight excluding hydrogens is 448 g/mol. The highest BCUT2D eigenvalue weighted by molar-refractivity contribution is 6.82. The van der Waals surface area contributed by atoms with Gasteiger partial charge in [-0.15, -0.1) is 0 Å². The summed E-state index contributed by atoms with van der Waals surface area (Å²) in [6.45, 7) is 9.97. The van der Waals surface area contributed by atoms with Crippen LogP contribution in [-0.4, -0.2) is 8.07 Å². The molecular formula is C35H42Si. The number of fused-ring (bicyclic) bond motifs is 5. The van der Waals surface area contributed by atoms with Gasteiger partial charge in [0.25, 0.3) is 0 Å². The van der Waals surface area contributed by atoms with E-state index in [0.717, 1.165) is 35.6 Å². The third-order valence-corrected chi connectivity index (χ3v) is 17.7. The Morgan fingerprint density at radius 1 is 0.972 bits per heavy atom. The smallest absolute Gasteiger partial charge is 0.0578 e. The van der Waals surface area contributed by atoms with Gasteiger partial charge in [0, 0.05) is 0 Å². The van der Waals surface area contributed by atoms with Crippen molar-refractivity contribution in [3.8, 4) is 0 Å². The zero-order chi connectivity index (χ0) is 24.6. The van der Waals surface area contributed by atoms with E-state index in [4.69, 9.17) is 0 Å². The lowest BCUT2D eigenvalue weighted by Crippen LogP contribution is -2.42. The predicted octanol–water partition coefficient (Wildman–Crippen LogP) is 10.1. The van der Waals surface area contributed by atoms with Gasteiger partial charge in [-0.3, -0.25) is 0 Å². The Balaban J connectivity index is 1.41. The Kier molecular flexibility index (Phi) is 5.41. The van der Waals surface area contributed by atoms with E-state index in [-0.39, 0.29) is 0 Å². The van der Waals surface area contributed by atoms with E-state index in [0.29, 0.717) is 0 Å². The van der Waals surface area contributed by atoms with Crippen molar-refractivity contribution < 1.29 is 0 Å². The maximum Gasteiger partial charge on any atom is 0.0578 e. The van der Waals surface area contributed by atoms with Crippen LogP contribution in [0.5, 0.6) is 0 Å². The number of hydrogen-bond donors (Lipinski definition) is 0. The highest BCUT2D eigenvalue weighted by atomic mass is 28.3. The van der Waals surface area contributed by atoms with Crippen LogP contribution in [0.15, 0.2) is 60.2 Å². The number of aryl methyl sites for hydroxylation is 1. The van der Waals surface area contributed by atoms with Gasteiger partial charge in [0.15, 0.2) is 0 Å². The van der Waals surface area contributed by atoms with Crippen molar-refractivity contribution in [1.29, 1.82) is 0 Å². The van der Waals surface area contributed by atoms with Crippen LogP contribution in [0.3, 0.4) is 0 Å². The average Bonchev–Trinajstić information content (AvgIpc) is 3.50. The summed E-state index contributed by atoms with van der Waals surface area (Å²) in [5.74, 6) is 3.27. The molecule has 0 bridgehead atoms. The molecule has 0 aromatic heterocycles. The molecule has 3 aromatic carbocycles. The van der Waals surface area contributed by atoms with Gasteiger partial charge in [-0.2, -0.15) is 0 Å². The summed E-state index contributed by atoms with van der Waals surface area (Å²) in [5, 5.41) is 6.02. The van der Waals surface area contributed by atoms with Crippen molar-refractivity contribution in [2.24, 2.45) is 23.7 Å². The Hall–Kier alpha value is -2.12. The quantitative estimate of drug-likeness (QED) is 0.252. The monoisotopic (exact) mass is 490 g/mol. The lowest BCUT2D eigenvalue weighted by atomic mass is 9.70. The van der Waals surface area contributed by atoms with E-state index in [2.05, 4.69) is 82.3 Å². The fraction of sp³-hybridized carbons (Fsp3) is 0.486. The van der Waals surface area contributed by atoms with Gasteiger partial charge in [-0.25, -0.2) is 0 Å². The second-order valence-electron chi connectivity index (χ2n) is 13.1. The van der Waals surface area contributed by atoms with E-state index in [9.17, 15) is 0 Å². The fourth-order valence-electron chi connectivity index (χ4n) is 9.70. The Morgan fingerprint density at radius 3 is 2.50 bits per heavy atom. The van der Waals surface area contributed by atoms with Crippen LogP contribution in [0.25, 0.3) is 27.1 Å². The largest absolute Gasteiger partial charge is 0.0805 e. The normalized spacial score (nSPS) is 29.1. The zero-order valence-corrected chi connectivity index (χ0v) is 23.7. The fourth-order valence-corrected chi connectivity index (χ4v) is 17.4. The third-order valence-electron chi connectivity index (χ3n) is 11.2. The Bertz CT molecular complexity index is 1420. The highest BCUT2D eigenvalue weighted by Gasteiger charge is 2.55. The molecule has 2 fully saturated rings. The average molecular weight is 491 g/mol. The van der Waals surface area contributed by atoms with Gasteiger partial charge in [0.05, 0.1) is 8.07 Å². The first-order valence-electron chi connectivity index (χ1n) is 14.9. The molecule has 1 heterocycles. The van der Waals surface area contributed by atoms with E-state index >= 15 is 0 Å². The summed E-state index contributed by atoms with van der Waals surface area (Å²) in [6, 6.07) is 21.2. The molecule has 1 aliphatic heterocycles. The minimum atomic E-state index is -1.28. The summed E-state index contributed by atoms with van der Waals surface area (Å²) >= 11 is 0. The van der Waals surface area contributed by atoms with E-state index < -0.39 is 8.07 Å². The molecule has 4 aliphatic rings. The lowest BCUT2D eigenvalue weighted by molar-refractivity contribution is 0.527. The van der Waals surface area contributed by atoms with E-state index in [1.807, 2.05) is 0 Å². The molecule has 1 heteroatoms. The van der Waals surface area contributed by atoms with Crippen molar-refractivity contribution >= 4 is 35.2 Å². The molecule has 0 radical (unpaired) electrons. The van der Waals surface area contributed by atoms with Crippen LogP contribution in [0.2, 0.25) is 23.7 Å². The summed E-state index contributed by atoms with van der Waals surface area (Å²) in [4.78, 5) is 0. The SMILES string of the molecule is CCC(C)C[Si]1(C2C(C)CC3C4=C(C=CC32)Cc2cccc3c(C)c5ccccc5c4c23)CCCC1. The molecule has 5 unspecified atom stereocenters. The number of allylic oxidation sites excluding steroid dienone is 4. The molecule has 36 heavy (non-hydrogen) atoms. The van der Waals surface area contributed by atoms with Crippen LogP contribution >= 0.6 is 0 Å². The Labute approximate surface area is 218 Å². The van der Waals surface area contributed by atoms with Crippen LogP contribution in [0.4, 0.5) is 0 Å². The topological polar surface area (TPSA) is 0 Å². The van der Waals surface area contributed by atoms with Crippen molar-refractivity contribution in [3.63, 3.8) is 0 Å². The standard InChI is InChI=1S/C35H42Si/c1-5-22(2)21-36(17-8-9-18-36)35-23(3)19-31-30(35)16-15-26-20-25-11-10-14-28-24(4)27-12-6-7-13-29(27)34(32(25)28)33(26)31/h6-7,10-16,22-23,30-31,35H,5,8-9,17-21H2,1-4H3. The highest BCUT2D eigenvalue weighted by Crippen LogP contribution is 2.63. The van der Waals surface area contributed by atoms with E-state index in [1.165, 1.54) is 47.4 Å². The number of benzene rings is 3. The van der Waals surface area contributed by atoms with E-state index in [1.54, 1.807) is 45.8 Å². The second kappa shape index (κ2) is 8.45. The molecule has 1 saturated heterocycles. The van der Waals surface area contributed by atoms with Gasteiger partial charge in [-0.1, -0.05) is 113 Å². The summed E-state index contributed by atoms with van der Waals surface area (Å²) in [7, 11) is -1.28. The van der Waals surface area contributed by atoms with Crippen molar-refractivity contribution in [2.45, 2.75) is 83.5 Å². The number of rotatable bonds is 4. The van der Waals surface area contributed by atoms with Crippen LogP contribution in [0.1, 0.15) is 63.1 Å². The molecule has 0 amide bonds. The number of hydrogen-bond acceptors (Lipinski definition) is 0. The molecule has 0 spiro atoms. The second-order valence-corrected chi connectivity index (χ2v) is 17.9. The van der Waals surface area contributed by atoms with Gasteiger partial charge in [0.1, 0.15) is 0 Å². The molecule has 0 N–H and O–H groups in total. The molecule has 3 aromatic rings. The molecule has 0 nitrogen and oxygen atoms in total. The minimum absolute atomic E-state index is 0.717. The first-order chi connectivity index (χ1) is 17.5. The van der Waals surface area contributed by atoms with Crippen molar-refractivity contribution in [2.75, 3.05) is 0 Å². The summed E-state index contributed by atoms with van der Waals surface area (Å²) < 4.78 is 0. The summed E-state index contributed by atoms with van der Waals surface area (Å²) in [6.07, 6.45) is 12.3. The van der Waals surface area contributed by atoms with Crippen molar-refractivity contribution in [1.82, 2.24) is 0 Å². The van der Waals surface area contributed by atoms with Crippen LogP contribution in [-0.2, 0) is 6.42 Å². The molecule has 186 valence electrons. The minimum Gasteiger partial charge on any atom is -0.0805 e. The van der Waals surface area contributed by atoms with Gasteiger partial charge < -0.3 is 0 Å². The molecule has 1 saturated carbocycles. The van der Waals surface area contributed by atoms with Gasteiger partial charge in [-0.05, 0) is 98.4 Å². The molecule has 7 rings (SSSR count). The van der Waals surface area contributed by atoms with Gasteiger partial charge in [0.2, 0.25) is 0 Å². The maximum absolute atomic E-state index is 2.74. The van der Waals surface area contributed by atoms with Crippen LogP contribution in [0, 0.1) is 30.6 Å². The van der Waals surface area contributed by atoms with Crippen molar-refractivity contribution in [3.05, 3.63) is 76.9 Å². The first kappa shape index (κ1) is 23.0. The third kappa shape index (κ3) is 3.17. The lowest BCUT2D eigenvalue weighted by Gasteiger charge is -2.43. The zero-order valence-electron chi connectivity index (χ0n) is 22.7.